The van der Waals surface area contributed by atoms with E-state index in [9.17, 15) is 4.79 Å². The molecule has 1 saturated heterocycles. The van der Waals surface area contributed by atoms with Crippen molar-refractivity contribution < 1.29 is 4.42 Å². The topological polar surface area (TPSA) is 33.5 Å². The molecule has 1 atom stereocenters. The molecular weight excluding hydrogens is 298 g/mol. The van der Waals surface area contributed by atoms with Crippen molar-refractivity contribution in [1.82, 2.24) is 4.90 Å². The second-order valence-corrected chi connectivity index (χ2v) is 6.79. The molecule has 0 bridgehead atoms. The Kier molecular flexibility index (Phi) is 4.28. The molecule has 1 aliphatic rings. The molecule has 0 spiro atoms. The lowest BCUT2D eigenvalue weighted by Gasteiger charge is -2.33. The van der Waals surface area contributed by atoms with E-state index in [1.165, 1.54) is 19.3 Å². The quantitative estimate of drug-likeness (QED) is 0.767. The molecule has 1 aromatic heterocycles. The van der Waals surface area contributed by atoms with Crippen molar-refractivity contribution in [3.05, 3.63) is 44.3 Å². The van der Waals surface area contributed by atoms with E-state index in [-0.39, 0.29) is 5.63 Å². The minimum absolute atomic E-state index is 0.284. The molecule has 2 aromatic rings. The number of hydrogen-bond donors (Lipinski definition) is 0. The summed E-state index contributed by atoms with van der Waals surface area (Å²) in [5.74, 6) is 0. The number of benzene rings is 1. The Morgan fingerprint density at radius 2 is 2.09 bits per heavy atom. The first-order chi connectivity index (χ1) is 10.5. The molecule has 0 radical (unpaired) electrons. The second-order valence-electron chi connectivity index (χ2n) is 6.41. The van der Waals surface area contributed by atoms with Crippen LogP contribution >= 0.6 is 11.6 Å². The highest BCUT2D eigenvalue weighted by molar-refractivity contribution is 6.33. The Balaban J connectivity index is 2.12. The fraction of sp³-hybridized carbons (Fsp3) is 0.500. The number of halogens is 1. The molecule has 4 heteroatoms. The summed E-state index contributed by atoms with van der Waals surface area (Å²) in [5, 5.41) is 1.75. The minimum Gasteiger partial charge on any atom is -0.423 e. The van der Waals surface area contributed by atoms with Gasteiger partial charge in [-0.3, -0.25) is 4.90 Å². The van der Waals surface area contributed by atoms with Crippen LogP contribution in [0.1, 0.15) is 42.9 Å². The van der Waals surface area contributed by atoms with E-state index >= 15 is 0 Å². The molecular formula is C18H22ClNO2. The second kappa shape index (κ2) is 6.05. The van der Waals surface area contributed by atoms with Crippen LogP contribution in [0.4, 0.5) is 0 Å². The van der Waals surface area contributed by atoms with Crippen molar-refractivity contribution in [2.75, 3.05) is 6.54 Å². The summed E-state index contributed by atoms with van der Waals surface area (Å²) in [5.41, 5.74) is 3.33. The summed E-state index contributed by atoms with van der Waals surface area (Å²) < 4.78 is 5.40. The molecule has 0 unspecified atom stereocenters. The predicted octanol–water partition coefficient (Wildman–Crippen LogP) is 4.44. The first-order valence-corrected chi connectivity index (χ1v) is 8.31. The fourth-order valence-corrected chi connectivity index (χ4v) is 3.64. The van der Waals surface area contributed by atoms with Gasteiger partial charge in [-0.2, -0.15) is 0 Å². The van der Waals surface area contributed by atoms with Crippen LogP contribution in [0.15, 0.2) is 21.3 Å². The summed E-state index contributed by atoms with van der Waals surface area (Å²) in [6, 6.07) is 4.05. The monoisotopic (exact) mass is 319 g/mol. The van der Waals surface area contributed by atoms with Crippen molar-refractivity contribution in [2.24, 2.45) is 0 Å². The van der Waals surface area contributed by atoms with Gasteiger partial charge in [0.1, 0.15) is 5.58 Å². The molecule has 0 N–H and O–H groups in total. The standard InChI is InChI=1S/C18H22ClNO2/c1-11-8-15-17(13(3)18(11)19)14(9-16(21)22-15)10-20-7-5-4-6-12(20)2/h8-9,12H,4-7,10H2,1-3H3/t12-/m1/s1. The Bertz CT molecular complexity index is 766. The molecule has 0 saturated carbocycles. The summed E-state index contributed by atoms with van der Waals surface area (Å²) >= 11 is 6.41. The van der Waals surface area contributed by atoms with Gasteiger partial charge in [0.05, 0.1) is 0 Å². The highest BCUT2D eigenvalue weighted by Gasteiger charge is 2.21. The first kappa shape index (κ1) is 15.6. The normalized spacial score (nSPS) is 19.7. The third kappa shape index (κ3) is 2.80. The Morgan fingerprint density at radius 1 is 1.32 bits per heavy atom. The van der Waals surface area contributed by atoms with Crippen LogP contribution in [-0.2, 0) is 6.54 Å². The lowest BCUT2D eigenvalue weighted by molar-refractivity contribution is 0.153. The van der Waals surface area contributed by atoms with E-state index in [0.717, 1.165) is 40.2 Å². The van der Waals surface area contributed by atoms with Gasteiger partial charge in [0, 0.05) is 29.1 Å². The number of hydrogen-bond acceptors (Lipinski definition) is 3. The van der Waals surface area contributed by atoms with Gasteiger partial charge in [-0.25, -0.2) is 4.79 Å². The molecule has 1 fully saturated rings. The maximum absolute atomic E-state index is 11.9. The third-order valence-corrected chi connectivity index (χ3v) is 5.36. The summed E-state index contributed by atoms with van der Waals surface area (Å²) in [6.07, 6.45) is 3.74. The van der Waals surface area contributed by atoms with Crippen molar-refractivity contribution in [3.8, 4) is 0 Å². The molecule has 22 heavy (non-hydrogen) atoms. The highest BCUT2D eigenvalue weighted by Crippen LogP contribution is 2.31. The van der Waals surface area contributed by atoms with Crippen molar-refractivity contribution in [2.45, 2.75) is 52.6 Å². The van der Waals surface area contributed by atoms with Gasteiger partial charge in [0.25, 0.3) is 0 Å². The van der Waals surface area contributed by atoms with E-state index in [4.69, 9.17) is 16.0 Å². The van der Waals surface area contributed by atoms with Crippen LogP contribution in [0.3, 0.4) is 0 Å². The summed E-state index contributed by atoms with van der Waals surface area (Å²) in [6.45, 7) is 8.07. The van der Waals surface area contributed by atoms with E-state index in [1.807, 2.05) is 19.9 Å². The Morgan fingerprint density at radius 3 is 2.82 bits per heavy atom. The third-order valence-electron chi connectivity index (χ3n) is 4.78. The zero-order valence-corrected chi connectivity index (χ0v) is 14.2. The van der Waals surface area contributed by atoms with Gasteiger partial charge in [0.15, 0.2) is 0 Å². The van der Waals surface area contributed by atoms with Crippen LogP contribution in [0.25, 0.3) is 11.0 Å². The lowest BCUT2D eigenvalue weighted by Crippen LogP contribution is -2.37. The first-order valence-electron chi connectivity index (χ1n) is 7.94. The average Bonchev–Trinajstić information content (AvgIpc) is 2.46. The molecule has 0 aliphatic carbocycles. The van der Waals surface area contributed by atoms with Gasteiger partial charge < -0.3 is 4.42 Å². The molecule has 2 heterocycles. The molecule has 118 valence electrons. The van der Waals surface area contributed by atoms with E-state index in [1.54, 1.807) is 6.07 Å². The number of piperidine rings is 1. The largest absolute Gasteiger partial charge is 0.423 e. The van der Waals surface area contributed by atoms with Gasteiger partial charge in [-0.05, 0) is 62.9 Å². The molecule has 1 aliphatic heterocycles. The molecule has 3 nitrogen and oxygen atoms in total. The maximum Gasteiger partial charge on any atom is 0.336 e. The SMILES string of the molecule is Cc1cc2oc(=O)cc(CN3CCCC[C@H]3C)c2c(C)c1Cl. The van der Waals surface area contributed by atoms with Gasteiger partial charge >= 0.3 is 5.63 Å². The van der Waals surface area contributed by atoms with Gasteiger partial charge in [-0.1, -0.05) is 18.0 Å². The van der Waals surface area contributed by atoms with E-state index in [2.05, 4.69) is 11.8 Å². The smallest absolute Gasteiger partial charge is 0.336 e. The average molecular weight is 320 g/mol. The number of fused-ring (bicyclic) bond motifs is 1. The Labute approximate surface area is 135 Å². The van der Waals surface area contributed by atoms with Gasteiger partial charge in [-0.15, -0.1) is 0 Å². The van der Waals surface area contributed by atoms with Crippen LogP contribution in [0, 0.1) is 13.8 Å². The lowest BCUT2D eigenvalue weighted by atomic mass is 9.99. The van der Waals surface area contributed by atoms with Crippen molar-refractivity contribution in [3.63, 3.8) is 0 Å². The zero-order valence-electron chi connectivity index (χ0n) is 13.4. The van der Waals surface area contributed by atoms with Crippen molar-refractivity contribution >= 4 is 22.6 Å². The van der Waals surface area contributed by atoms with Crippen LogP contribution < -0.4 is 5.63 Å². The molecule has 1 aromatic carbocycles. The highest BCUT2D eigenvalue weighted by atomic mass is 35.5. The van der Waals surface area contributed by atoms with Crippen LogP contribution in [-0.4, -0.2) is 17.5 Å². The maximum atomic E-state index is 11.9. The fourth-order valence-electron chi connectivity index (χ4n) is 3.49. The van der Waals surface area contributed by atoms with Crippen LogP contribution in [0.5, 0.6) is 0 Å². The van der Waals surface area contributed by atoms with E-state index in [0.29, 0.717) is 11.6 Å². The van der Waals surface area contributed by atoms with Crippen molar-refractivity contribution in [1.29, 1.82) is 0 Å². The predicted molar refractivity (Wildman–Crippen MR) is 90.7 cm³/mol. The summed E-state index contributed by atoms with van der Waals surface area (Å²) in [4.78, 5) is 14.4. The van der Waals surface area contributed by atoms with Gasteiger partial charge in [0.2, 0.25) is 0 Å². The molecule has 0 amide bonds. The number of likely N-dealkylation sites (tertiary alicyclic amines) is 1. The zero-order chi connectivity index (χ0) is 15.9. The summed E-state index contributed by atoms with van der Waals surface area (Å²) in [7, 11) is 0. The molecule has 3 rings (SSSR count). The number of aryl methyl sites for hydroxylation is 2. The van der Waals surface area contributed by atoms with Crippen LogP contribution in [0.2, 0.25) is 5.02 Å². The minimum atomic E-state index is -0.284. The number of rotatable bonds is 2. The Hall–Kier alpha value is -1.32. The number of nitrogens with zero attached hydrogens (tertiary/aromatic N) is 1. The van der Waals surface area contributed by atoms with E-state index < -0.39 is 0 Å².